The highest BCUT2D eigenvalue weighted by Crippen LogP contribution is 2.16. The Kier molecular flexibility index (Phi) is 9.76. The first-order valence-corrected chi connectivity index (χ1v) is 5.89. The van der Waals surface area contributed by atoms with Gasteiger partial charge in [0.15, 0.2) is 0 Å². The van der Waals surface area contributed by atoms with Crippen LogP contribution in [0.4, 0.5) is 0 Å². The molecule has 4 heteroatoms. The van der Waals surface area contributed by atoms with E-state index in [1.807, 2.05) is 12.4 Å². The molecule has 0 aromatic carbocycles. The van der Waals surface area contributed by atoms with Gasteiger partial charge in [0, 0.05) is 24.3 Å². The molecule has 94 valence electrons. The van der Waals surface area contributed by atoms with Crippen molar-refractivity contribution in [1.82, 2.24) is 0 Å². The van der Waals surface area contributed by atoms with Gasteiger partial charge in [0.25, 0.3) is 0 Å². The van der Waals surface area contributed by atoms with Crippen LogP contribution in [-0.2, 0) is 9.68 Å². The molecule has 0 saturated heterocycles. The molecule has 0 aromatic rings. The Hall–Kier alpha value is -1.06. The molecule has 0 radical (unpaired) electrons. The Morgan fingerprint density at radius 2 is 1.69 bits per heavy atom. The fraction of sp³-hybridized carbons (Fsp3) is 0.833. The van der Waals surface area contributed by atoms with Crippen LogP contribution in [0.5, 0.6) is 0 Å². The number of hydrogen-bond acceptors (Lipinski definition) is 4. The molecular formula is C12H24N2O2. The largest absolute Gasteiger partial charge is 0.399 e. The van der Waals surface area contributed by atoms with Gasteiger partial charge in [-0.15, -0.1) is 0 Å². The summed E-state index contributed by atoms with van der Waals surface area (Å²) in [5.41, 5.74) is 0. The van der Waals surface area contributed by atoms with Crippen LogP contribution in [0.1, 0.15) is 39.5 Å². The minimum atomic E-state index is 0.315. The lowest BCUT2D eigenvalue weighted by Gasteiger charge is -2.15. The van der Waals surface area contributed by atoms with Gasteiger partial charge < -0.3 is 9.68 Å². The van der Waals surface area contributed by atoms with Gasteiger partial charge >= 0.3 is 0 Å². The number of unbranched alkanes of at least 4 members (excludes halogenated alkanes) is 2. The van der Waals surface area contributed by atoms with Gasteiger partial charge in [0.1, 0.15) is 14.2 Å². The van der Waals surface area contributed by atoms with Crippen molar-refractivity contribution in [2.45, 2.75) is 39.5 Å². The van der Waals surface area contributed by atoms with Crippen LogP contribution in [0, 0.1) is 11.8 Å². The Morgan fingerprint density at radius 1 is 1.06 bits per heavy atom. The predicted octanol–water partition coefficient (Wildman–Crippen LogP) is 3.08. The van der Waals surface area contributed by atoms with E-state index in [0.29, 0.717) is 11.8 Å². The van der Waals surface area contributed by atoms with E-state index in [-0.39, 0.29) is 0 Å². The summed E-state index contributed by atoms with van der Waals surface area (Å²) in [5, 5.41) is 7.65. The fourth-order valence-corrected chi connectivity index (χ4v) is 1.51. The van der Waals surface area contributed by atoms with Gasteiger partial charge in [0.05, 0.1) is 0 Å². The second kappa shape index (κ2) is 10.5. The first kappa shape index (κ1) is 14.9. The summed E-state index contributed by atoms with van der Waals surface area (Å²) in [6, 6.07) is 0. The van der Waals surface area contributed by atoms with Crippen LogP contribution in [0.25, 0.3) is 0 Å². The first-order valence-electron chi connectivity index (χ1n) is 5.89. The van der Waals surface area contributed by atoms with E-state index >= 15 is 0 Å². The lowest BCUT2D eigenvalue weighted by molar-refractivity contribution is 0.209. The quantitative estimate of drug-likeness (QED) is 0.346. The summed E-state index contributed by atoms with van der Waals surface area (Å²) in [7, 11) is 3.12. The molecule has 0 saturated carbocycles. The highest BCUT2D eigenvalue weighted by Gasteiger charge is 2.13. The highest BCUT2D eigenvalue weighted by atomic mass is 16.6. The first-order chi connectivity index (χ1) is 7.76. The number of nitrogens with zero attached hydrogens (tertiary/aromatic N) is 2. The van der Waals surface area contributed by atoms with Gasteiger partial charge in [-0.2, -0.15) is 0 Å². The van der Waals surface area contributed by atoms with Crippen LogP contribution in [0.3, 0.4) is 0 Å². The van der Waals surface area contributed by atoms with E-state index in [2.05, 4.69) is 29.0 Å². The van der Waals surface area contributed by atoms with Crippen LogP contribution in [0.2, 0.25) is 0 Å². The van der Waals surface area contributed by atoms with Crippen molar-refractivity contribution in [2.75, 3.05) is 14.2 Å². The molecule has 0 N–H and O–H groups in total. The number of hydrogen-bond donors (Lipinski definition) is 0. The topological polar surface area (TPSA) is 43.2 Å². The Balaban J connectivity index is 4.17. The molecule has 2 unspecified atom stereocenters. The third kappa shape index (κ3) is 7.26. The second-order valence-corrected chi connectivity index (χ2v) is 3.89. The second-order valence-electron chi connectivity index (χ2n) is 3.89. The lowest BCUT2D eigenvalue weighted by atomic mass is 9.91. The van der Waals surface area contributed by atoms with E-state index in [1.165, 1.54) is 19.3 Å². The van der Waals surface area contributed by atoms with Gasteiger partial charge in [-0.25, -0.2) is 0 Å². The van der Waals surface area contributed by atoms with E-state index < -0.39 is 0 Å². The third-order valence-electron chi connectivity index (χ3n) is 2.58. The molecular weight excluding hydrogens is 204 g/mol. The molecule has 0 aliphatic rings. The molecule has 0 rings (SSSR count). The van der Waals surface area contributed by atoms with Gasteiger partial charge in [-0.3, -0.25) is 0 Å². The standard InChI is InChI=1S/C12H24N2O2/c1-5-6-7-8-12(10-14-16-4)11(2)9-13-15-3/h9-12H,5-8H2,1-4H3. The highest BCUT2D eigenvalue weighted by molar-refractivity contribution is 5.70. The molecule has 0 heterocycles. The van der Waals surface area contributed by atoms with Crippen LogP contribution in [-0.4, -0.2) is 26.6 Å². The summed E-state index contributed by atoms with van der Waals surface area (Å²) >= 11 is 0. The Morgan fingerprint density at radius 3 is 2.25 bits per heavy atom. The maximum atomic E-state index is 4.73. The maximum absolute atomic E-state index is 4.73. The Labute approximate surface area is 98.7 Å². The van der Waals surface area contributed by atoms with Crippen molar-refractivity contribution < 1.29 is 9.68 Å². The molecule has 0 aliphatic heterocycles. The van der Waals surface area contributed by atoms with Gasteiger partial charge in [-0.1, -0.05) is 43.4 Å². The normalized spacial score (nSPS) is 15.5. The van der Waals surface area contributed by atoms with Crippen molar-refractivity contribution >= 4 is 12.4 Å². The van der Waals surface area contributed by atoms with Crippen LogP contribution >= 0.6 is 0 Å². The summed E-state index contributed by atoms with van der Waals surface area (Å²) in [6.45, 7) is 4.31. The molecule has 2 atom stereocenters. The van der Waals surface area contributed by atoms with Crippen molar-refractivity contribution in [2.24, 2.45) is 22.1 Å². The third-order valence-corrected chi connectivity index (χ3v) is 2.58. The molecule has 0 spiro atoms. The molecule has 0 amide bonds. The zero-order valence-electron chi connectivity index (χ0n) is 10.8. The number of rotatable bonds is 9. The SMILES string of the molecule is CCCCCC(C=NOC)C(C)C=NOC. The minimum absolute atomic E-state index is 0.315. The molecule has 0 aromatic heterocycles. The lowest BCUT2D eigenvalue weighted by Crippen LogP contribution is -2.15. The zero-order chi connectivity index (χ0) is 12.2. The van der Waals surface area contributed by atoms with E-state index in [1.54, 1.807) is 14.2 Å². The van der Waals surface area contributed by atoms with E-state index in [0.717, 1.165) is 6.42 Å². The summed E-state index contributed by atoms with van der Waals surface area (Å²) in [4.78, 5) is 9.41. The van der Waals surface area contributed by atoms with Crippen LogP contribution < -0.4 is 0 Å². The van der Waals surface area contributed by atoms with Crippen molar-refractivity contribution in [3.05, 3.63) is 0 Å². The smallest absolute Gasteiger partial charge is 0.106 e. The van der Waals surface area contributed by atoms with Gasteiger partial charge in [-0.05, 0) is 6.42 Å². The summed E-state index contributed by atoms with van der Waals surface area (Å²) in [5.74, 6) is 0.682. The summed E-state index contributed by atoms with van der Waals surface area (Å²) < 4.78 is 0. The van der Waals surface area contributed by atoms with E-state index in [9.17, 15) is 0 Å². The average molecular weight is 228 g/mol. The van der Waals surface area contributed by atoms with Crippen molar-refractivity contribution in [1.29, 1.82) is 0 Å². The average Bonchev–Trinajstić information content (AvgIpc) is 2.30. The summed E-state index contributed by atoms with van der Waals surface area (Å²) in [6.07, 6.45) is 8.49. The zero-order valence-corrected chi connectivity index (χ0v) is 10.8. The van der Waals surface area contributed by atoms with Crippen molar-refractivity contribution in [3.63, 3.8) is 0 Å². The fourth-order valence-electron chi connectivity index (χ4n) is 1.51. The number of oxime groups is 2. The molecule has 0 bridgehead atoms. The van der Waals surface area contributed by atoms with E-state index in [4.69, 9.17) is 4.84 Å². The van der Waals surface area contributed by atoms with Crippen LogP contribution in [0.15, 0.2) is 10.3 Å². The maximum Gasteiger partial charge on any atom is 0.106 e. The molecule has 0 fully saturated rings. The predicted molar refractivity (Wildman–Crippen MR) is 67.8 cm³/mol. The molecule has 4 nitrogen and oxygen atoms in total. The van der Waals surface area contributed by atoms with Crippen molar-refractivity contribution in [3.8, 4) is 0 Å². The molecule has 0 aliphatic carbocycles. The Bertz CT molecular complexity index is 205. The monoisotopic (exact) mass is 228 g/mol. The molecule has 16 heavy (non-hydrogen) atoms. The van der Waals surface area contributed by atoms with Gasteiger partial charge in [0.2, 0.25) is 0 Å². The minimum Gasteiger partial charge on any atom is -0.399 e.